The molecule has 0 aliphatic rings. The van der Waals surface area contributed by atoms with Gasteiger partial charge in [-0.3, -0.25) is 0 Å². The SMILES string of the molecule is OCC#Cc1ccc(I)cc1. The van der Waals surface area contributed by atoms with E-state index in [-0.39, 0.29) is 6.61 Å². The fraction of sp³-hybridized carbons (Fsp3) is 0.111. The van der Waals surface area contributed by atoms with Gasteiger partial charge in [0.15, 0.2) is 0 Å². The zero-order valence-electron chi connectivity index (χ0n) is 5.84. The lowest BCUT2D eigenvalue weighted by Gasteiger charge is -1.89. The largest absolute Gasteiger partial charge is 0.384 e. The molecule has 0 bridgehead atoms. The number of hydrogen-bond donors (Lipinski definition) is 1. The molecule has 0 aromatic heterocycles. The van der Waals surface area contributed by atoms with Crippen LogP contribution in [0.25, 0.3) is 0 Å². The van der Waals surface area contributed by atoms with E-state index in [0.29, 0.717) is 0 Å². The maximum Gasteiger partial charge on any atom is 0.104 e. The van der Waals surface area contributed by atoms with E-state index in [1.165, 1.54) is 3.57 Å². The van der Waals surface area contributed by atoms with E-state index in [1.54, 1.807) is 0 Å². The summed E-state index contributed by atoms with van der Waals surface area (Å²) in [5.74, 6) is 5.41. The lowest BCUT2D eigenvalue weighted by Crippen LogP contribution is -1.76. The molecular formula is C9H7IO. The molecule has 1 nitrogen and oxygen atoms in total. The van der Waals surface area contributed by atoms with Crippen LogP contribution in [0.15, 0.2) is 24.3 Å². The number of aliphatic hydroxyl groups excluding tert-OH is 1. The van der Waals surface area contributed by atoms with Crippen LogP contribution in [0, 0.1) is 15.4 Å². The maximum atomic E-state index is 8.41. The Hall–Kier alpha value is -0.530. The highest BCUT2D eigenvalue weighted by atomic mass is 127. The molecule has 11 heavy (non-hydrogen) atoms. The Morgan fingerprint density at radius 3 is 2.45 bits per heavy atom. The van der Waals surface area contributed by atoms with Gasteiger partial charge in [-0.15, -0.1) is 0 Å². The van der Waals surface area contributed by atoms with Crippen molar-refractivity contribution in [1.82, 2.24) is 0 Å². The van der Waals surface area contributed by atoms with E-state index < -0.39 is 0 Å². The van der Waals surface area contributed by atoms with Gasteiger partial charge in [0.2, 0.25) is 0 Å². The highest BCUT2D eigenvalue weighted by Crippen LogP contribution is 2.04. The summed E-state index contributed by atoms with van der Waals surface area (Å²) in [4.78, 5) is 0. The Bertz CT molecular complexity index is 279. The molecule has 0 fully saturated rings. The molecule has 1 aromatic carbocycles. The van der Waals surface area contributed by atoms with Crippen molar-refractivity contribution < 1.29 is 5.11 Å². The molecule has 0 atom stereocenters. The van der Waals surface area contributed by atoms with Crippen LogP contribution >= 0.6 is 22.6 Å². The Morgan fingerprint density at radius 2 is 1.91 bits per heavy atom. The third-order valence-electron chi connectivity index (χ3n) is 1.16. The second-order valence-corrected chi connectivity index (χ2v) is 3.21. The highest BCUT2D eigenvalue weighted by Gasteiger charge is 1.85. The summed E-state index contributed by atoms with van der Waals surface area (Å²) in [6, 6.07) is 7.85. The van der Waals surface area contributed by atoms with Crippen LogP contribution in [0.1, 0.15) is 5.56 Å². The normalized spacial score (nSPS) is 8.55. The van der Waals surface area contributed by atoms with Gasteiger partial charge in [-0.05, 0) is 46.9 Å². The Labute approximate surface area is 79.6 Å². The predicted octanol–water partition coefficient (Wildman–Crippen LogP) is 1.63. The minimum Gasteiger partial charge on any atom is -0.384 e. The highest BCUT2D eigenvalue weighted by molar-refractivity contribution is 14.1. The number of rotatable bonds is 0. The van der Waals surface area contributed by atoms with Crippen molar-refractivity contribution in [1.29, 1.82) is 0 Å². The maximum absolute atomic E-state index is 8.41. The lowest BCUT2D eigenvalue weighted by molar-refractivity contribution is 0.350. The van der Waals surface area contributed by atoms with Gasteiger partial charge < -0.3 is 5.11 Å². The Balaban J connectivity index is 2.82. The van der Waals surface area contributed by atoms with Crippen molar-refractivity contribution in [3.8, 4) is 11.8 Å². The van der Waals surface area contributed by atoms with Crippen molar-refractivity contribution in [3.63, 3.8) is 0 Å². The van der Waals surface area contributed by atoms with Crippen molar-refractivity contribution in [2.24, 2.45) is 0 Å². The van der Waals surface area contributed by atoms with Crippen LogP contribution in [0.3, 0.4) is 0 Å². The average Bonchev–Trinajstić information content (AvgIpc) is 2.04. The van der Waals surface area contributed by atoms with Gasteiger partial charge in [0, 0.05) is 9.13 Å². The summed E-state index contributed by atoms with van der Waals surface area (Å²) in [5.41, 5.74) is 0.944. The van der Waals surface area contributed by atoms with Gasteiger partial charge in [0.25, 0.3) is 0 Å². The van der Waals surface area contributed by atoms with Crippen molar-refractivity contribution in [2.45, 2.75) is 0 Å². The Morgan fingerprint density at radius 1 is 1.27 bits per heavy atom. The van der Waals surface area contributed by atoms with E-state index in [9.17, 15) is 0 Å². The third kappa shape index (κ3) is 2.91. The monoisotopic (exact) mass is 258 g/mol. The molecule has 0 aliphatic carbocycles. The smallest absolute Gasteiger partial charge is 0.104 e. The minimum absolute atomic E-state index is 0.0774. The van der Waals surface area contributed by atoms with Crippen LogP contribution in [-0.4, -0.2) is 11.7 Å². The fourth-order valence-corrected chi connectivity index (χ4v) is 1.03. The third-order valence-corrected chi connectivity index (χ3v) is 1.88. The summed E-state index contributed by atoms with van der Waals surface area (Å²) in [7, 11) is 0. The summed E-state index contributed by atoms with van der Waals surface area (Å²) in [5, 5.41) is 8.41. The number of hydrogen-bond acceptors (Lipinski definition) is 1. The minimum atomic E-state index is -0.0774. The molecule has 0 saturated carbocycles. The van der Waals surface area contributed by atoms with Gasteiger partial charge in [-0.25, -0.2) is 0 Å². The van der Waals surface area contributed by atoms with Gasteiger partial charge in [0.05, 0.1) is 0 Å². The van der Waals surface area contributed by atoms with E-state index in [4.69, 9.17) is 5.11 Å². The molecule has 2 heteroatoms. The number of benzene rings is 1. The van der Waals surface area contributed by atoms with Crippen LogP contribution in [0.4, 0.5) is 0 Å². The van der Waals surface area contributed by atoms with E-state index >= 15 is 0 Å². The molecule has 1 N–H and O–H groups in total. The zero-order chi connectivity index (χ0) is 8.10. The second-order valence-electron chi connectivity index (χ2n) is 1.97. The van der Waals surface area contributed by atoms with Gasteiger partial charge in [0.1, 0.15) is 6.61 Å². The van der Waals surface area contributed by atoms with Crippen LogP contribution in [0.5, 0.6) is 0 Å². The molecule has 1 aromatic rings. The number of halogens is 1. The van der Waals surface area contributed by atoms with Crippen molar-refractivity contribution in [3.05, 3.63) is 33.4 Å². The van der Waals surface area contributed by atoms with Crippen molar-refractivity contribution >= 4 is 22.6 Å². The zero-order valence-corrected chi connectivity index (χ0v) is 8.00. The predicted molar refractivity (Wildman–Crippen MR) is 53.1 cm³/mol. The first-order valence-corrected chi connectivity index (χ1v) is 4.26. The van der Waals surface area contributed by atoms with Gasteiger partial charge in [-0.2, -0.15) is 0 Å². The molecule has 0 radical (unpaired) electrons. The van der Waals surface area contributed by atoms with E-state index in [0.717, 1.165) is 5.56 Å². The van der Waals surface area contributed by atoms with E-state index in [2.05, 4.69) is 34.4 Å². The first-order chi connectivity index (χ1) is 5.33. The van der Waals surface area contributed by atoms with Crippen LogP contribution in [-0.2, 0) is 0 Å². The van der Waals surface area contributed by atoms with Crippen molar-refractivity contribution in [2.75, 3.05) is 6.61 Å². The van der Waals surface area contributed by atoms with Crippen LogP contribution < -0.4 is 0 Å². The summed E-state index contributed by atoms with van der Waals surface area (Å²) in [6.45, 7) is -0.0774. The lowest BCUT2D eigenvalue weighted by atomic mass is 10.2. The average molecular weight is 258 g/mol. The number of aliphatic hydroxyl groups is 1. The molecule has 56 valence electrons. The van der Waals surface area contributed by atoms with Crippen LogP contribution in [0.2, 0.25) is 0 Å². The Kier molecular flexibility index (Phi) is 3.40. The molecular weight excluding hydrogens is 251 g/mol. The second kappa shape index (κ2) is 4.37. The van der Waals surface area contributed by atoms with E-state index in [1.807, 2.05) is 24.3 Å². The summed E-state index contributed by atoms with van der Waals surface area (Å²) < 4.78 is 1.19. The summed E-state index contributed by atoms with van der Waals surface area (Å²) in [6.07, 6.45) is 0. The molecule has 0 spiro atoms. The topological polar surface area (TPSA) is 20.2 Å². The standard InChI is InChI=1S/C9H7IO/c10-9-5-3-8(4-6-9)2-1-7-11/h3-6,11H,7H2. The molecule has 0 heterocycles. The first kappa shape index (κ1) is 8.57. The quantitative estimate of drug-likeness (QED) is 0.554. The fourth-order valence-electron chi connectivity index (χ4n) is 0.675. The van der Waals surface area contributed by atoms with Gasteiger partial charge >= 0.3 is 0 Å². The van der Waals surface area contributed by atoms with Gasteiger partial charge in [-0.1, -0.05) is 11.8 Å². The molecule has 0 aliphatic heterocycles. The molecule has 1 rings (SSSR count). The molecule has 0 saturated heterocycles. The molecule has 0 unspecified atom stereocenters. The first-order valence-electron chi connectivity index (χ1n) is 3.18. The summed E-state index contributed by atoms with van der Waals surface area (Å²) >= 11 is 2.24. The molecule has 0 amide bonds.